The van der Waals surface area contributed by atoms with Gasteiger partial charge >= 0.3 is 11.9 Å². The molecule has 0 spiro atoms. The van der Waals surface area contributed by atoms with Crippen LogP contribution in [0.2, 0.25) is 0 Å². The van der Waals surface area contributed by atoms with Crippen molar-refractivity contribution in [3.05, 3.63) is 23.8 Å². The molecule has 0 radical (unpaired) electrons. The van der Waals surface area contributed by atoms with E-state index in [2.05, 4.69) is 0 Å². The van der Waals surface area contributed by atoms with Gasteiger partial charge in [-0.05, 0) is 44.9 Å². The summed E-state index contributed by atoms with van der Waals surface area (Å²) in [6.45, 7) is 7.89. The van der Waals surface area contributed by atoms with Gasteiger partial charge in [0.15, 0.2) is 5.41 Å². The van der Waals surface area contributed by atoms with Gasteiger partial charge in [-0.15, -0.1) is 0 Å². The molecule has 1 unspecified atom stereocenters. The summed E-state index contributed by atoms with van der Waals surface area (Å²) in [6, 6.07) is 5.13. The first kappa shape index (κ1) is 19.8. The number of benzene rings is 1. The quantitative estimate of drug-likeness (QED) is 0.634. The van der Waals surface area contributed by atoms with Crippen LogP contribution in [-0.4, -0.2) is 35.4 Å². The van der Waals surface area contributed by atoms with E-state index < -0.39 is 23.3 Å². The second-order valence-electron chi connectivity index (χ2n) is 5.46. The van der Waals surface area contributed by atoms with Crippen molar-refractivity contribution in [1.82, 2.24) is 0 Å². The van der Waals surface area contributed by atoms with Crippen LogP contribution in [0.25, 0.3) is 0 Å². The summed E-state index contributed by atoms with van der Waals surface area (Å²) in [5.74, 6) is -2.36. The third kappa shape index (κ3) is 3.63. The second kappa shape index (κ2) is 8.57. The van der Waals surface area contributed by atoms with Crippen molar-refractivity contribution >= 4 is 11.9 Å². The average molecular weight is 338 g/mol. The van der Waals surface area contributed by atoms with Crippen molar-refractivity contribution in [3.8, 4) is 11.5 Å². The van der Waals surface area contributed by atoms with Crippen molar-refractivity contribution in [2.45, 2.75) is 46.5 Å². The van der Waals surface area contributed by atoms with Gasteiger partial charge in [0.1, 0.15) is 11.5 Å². The molecule has 2 N–H and O–H groups in total. The van der Waals surface area contributed by atoms with E-state index in [9.17, 15) is 19.8 Å². The second-order valence-corrected chi connectivity index (χ2v) is 5.46. The molecule has 6 heteroatoms. The van der Waals surface area contributed by atoms with Crippen LogP contribution in [-0.2, 0) is 9.59 Å². The maximum absolute atomic E-state index is 11.9. The first-order valence-electron chi connectivity index (χ1n) is 8.25. The van der Waals surface area contributed by atoms with Gasteiger partial charge in [-0.3, -0.25) is 9.59 Å². The molecule has 0 heterocycles. The summed E-state index contributed by atoms with van der Waals surface area (Å²) in [4.78, 5) is 23.8. The SMILES string of the molecule is CCOc1ccc(OCC)c(C(CC)C(CC)(C(=O)O)C(=O)O)c1. The van der Waals surface area contributed by atoms with Gasteiger partial charge < -0.3 is 19.7 Å². The fourth-order valence-electron chi connectivity index (χ4n) is 3.11. The Kier molecular flexibility index (Phi) is 7.07. The predicted octanol–water partition coefficient (Wildman–Crippen LogP) is 3.54. The van der Waals surface area contributed by atoms with Crippen LogP contribution >= 0.6 is 0 Å². The first-order valence-corrected chi connectivity index (χ1v) is 8.25. The highest BCUT2D eigenvalue weighted by Gasteiger charge is 2.52. The fraction of sp³-hybridized carbons (Fsp3) is 0.556. The summed E-state index contributed by atoms with van der Waals surface area (Å²) < 4.78 is 11.1. The Labute approximate surface area is 142 Å². The monoisotopic (exact) mass is 338 g/mol. The van der Waals surface area contributed by atoms with Crippen LogP contribution in [0.3, 0.4) is 0 Å². The Morgan fingerprint density at radius 1 is 1.04 bits per heavy atom. The lowest BCUT2D eigenvalue weighted by Crippen LogP contribution is -2.44. The molecule has 0 aromatic heterocycles. The normalized spacial score (nSPS) is 12.5. The summed E-state index contributed by atoms with van der Waals surface area (Å²) in [5, 5.41) is 19.4. The zero-order valence-corrected chi connectivity index (χ0v) is 14.7. The van der Waals surface area contributed by atoms with Crippen LogP contribution in [0.5, 0.6) is 11.5 Å². The predicted molar refractivity (Wildman–Crippen MR) is 89.8 cm³/mol. The van der Waals surface area contributed by atoms with Gasteiger partial charge in [-0.25, -0.2) is 0 Å². The van der Waals surface area contributed by atoms with E-state index in [1.807, 2.05) is 13.8 Å². The fourth-order valence-corrected chi connectivity index (χ4v) is 3.11. The van der Waals surface area contributed by atoms with Crippen molar-refractivity contribution in [3.63, 3.8) is 0 Å². The molecule has 6 nitrogen and oxygen atoms in total. The molecule has 0 bridgehead atoms. The molecule has 0 aliphatic heterocycles. The lowest BCUT2D eigenvalue weighted by molar-refractivity contribution is -0.167. The summed E-state index contributed by atoms with van der Waals surface area (Å²) in [5.41, 5.74) is -1.36. The van der Waals surface area contributed by atoms with Gasteiger partial charge in [-0.2, -0.15) is 0 Å². The molecule has 24 heavy (non-hydrogen) atoms. The number of aliphatic carboxylic acids is 2. The van der Waals surface area contributed by atoms with E-state index in [-0.39, 0.29) is 6.42 Å². The Morgan fingerprint density at radius 2 is 1.62 bits per heavy atom. The summed E-state index contributed by atoms with van der Waals surface area (Å²) in [7, 11) is 0. The van der Waals surface area contributed by atoms with Crippen molar-refractivity contribution in [2.75, 3.05) is 13.2 Å². The maximum atomic E-state index is 11.9. The van der Waals surface area contributed by atoms with Gasteiger partial charge in [0.05, 0.1) is 13.2 Å². The molecule has 0 saturated heterocycles. The molecule has 1 aromatic rings. The van der Waals surface area contributed by atoms with Gasteiger partial charge in [0.2, 0.25) is 0 Å². The number of rotatable bonds is 10. The van der Waals surface area contributed by atoms with Crippen LogP contribution in [0.1, 0.15) is 52.0 Å². The number of carboxylic acid groups (broad SMARTS) is 2. The zero-order valence-electron chi connectivity index (χ0n) is 14.7. The van der Waals surface area contributed by atoms with Crippen molar-refractivity contribution < 1.29 is 29.3 Å². The molecular weight excluding hydrogens is 312 g/mol. The Morgan fingerprint density at radius 3 is 2.04 bits per heavy atom. The summed E-state index contributed by atoms with van der Waals surface area (Å²) in [6.07, 6.45) is 0.322. The van der Waals surface area contributed by atoms with E-state index in [1.165, 1.54) is 0 Å². The van der Waals surface area contributed by atoms with Crippen LogP contribution < -0.4 is 9.47 Å². The third-order valence-electron chi connectivity index (χ3n) is 4.29. The van der Waals surface area contributed by atoms with Gasteiger partial charge in [0, 0.05) is 11.5 Å². The molecule has 0 saturated carbocycles. The minimum Gasteiger partial charge on any atom is -0.494 e. The highest BCUT2D eigenvalue weighted by Crippen LogP contribution is 2.46. The van der Waals surface area contributed by atoms with E-state index in [0.717, 1.165) is 0 Å². The Bertz CT molecular complexity index is 567. The van der Waals surface area contributed by atoms with E-state index >= 15 is 0 Å². The molecule has 1 rings (SSSR count). The Hall–Kier alpha value is -2.24. The van der Waals surface area contributed by atoms with E-state index in [1.54, 1.807) is 32.0 Å². The van der Waals surface area contributed by atoms with E-state index in [4.69, 9.17) is 9.47 Å². The number of ether oxygens (including phenoxy) is 2. The number of carbonyl (C=O) groups is 2. The minimum absolute atomic E-state index is 0.0272. The summed E-state index contributed by atoms with van der Waals surface area (Å²) >= 11 is 0. The van der Waals surface area contributed by atoms with Crippen LogP contribution in [0.15, 0.2) is 18.2 Å². The first-order chi connectivity index (χ1) is 11.4. The van der Waals surface area contributed by atoms with Crippen LogP contribution in [0.4, 0.5) is 0 Å². The third-order valence-corrected chi connectivity index (χ3v) is 4.29. The van der Waals surface area contributed by atoms with Gasteiger partial charge in [0.25, 0.3) is 0 Å². The zero-order chi connectivity index (χ0) is 18.3. The molecule has 1 aromatic carbocycles. The van der Waals surface area contributed by atoms with Crippen molar-refractivity contribution in [2.24, 2.45) is 5.41 Å². The molecule has 0 aliphatic carbocycles. The largest absolute Gasteiger partial charge is 0.494 e. The van der Waals surface area contributed by atoms with Crippen LogP contribution in [0, 0.1) is 5.41 Å². The van der Waals surface area contributed by atoms with Crippen molar-refractivity contribution in [1.29, 1.82) is 0 Å². The Balaban J connectivity index is 3.58. The molecular formula is C18H26O6. The molecule has 1 atom stereocenters. The average Bonchev–Trinajstić information content (AvgIpc) is 2.54. The molecule has 0 fully saturated rings. The highest BCUT2D eigenvalue weighted by atomic mass is 16.5. The maximum Gasteiger partial charge on any atom is 0.321 e. The molecule has 134 valence electrons. The number of hydrogen-bond donors (Lipinski definition) is 2. The standard InChI is InChI=1S/C18H26O6/c1-5-14(18(6-2,16(19)20)17(21)22)13-11-12(23-7-3)9-10-15(13)24-8-4/h9-11,14H,5-8H2,1-4H3,(H,19,20)(H,21,22). The lowest BCUT2D eigenvalue weighted by atomic mass is 9.68. The molecule has 0 amide bonds. The molecule has 0 aliphatic rings. The topological polar surface area (TPSA) is 93.1 Å². The minimum atomic E-state index is -1.91. The van der Waals surface area contributed by atoms with E-state index in [0.29, 0.717) is 36.7 Å². The smallest absolute Gasteiger partial charge is 0.321 e. The number of hydrogen-bond acceptors (Lipinski definition) is 4. The highest BCUT2D eigenvalue weighted by molar-refractivity contribution is 5.99. The lowest BCUT2D eigenvalue weighted by Gasteiger charge is -2.33. The number of carboxylic acids is 2. The van der Waals surface area contributed by atoms with Gasteiger partial charge in [-0.1, -0.05) is 13.8 Å².